The molecular weight excluding hydrogens is 234 g/mol. The van der Waals surface area contributed by atoms with E-state index in [-0.39, 0.29) is 0 Å². The summed E-state index contributed by atoms with van der Waals surface area (Å²) >= 11 is 0. The second-order valence-corrected chi connectivity index (χ2v) is 5.71. The van der Waals surface area contributed by atoms with Crippen LogP contribution in [0.1, 0.15) is 50.7 Å². The fraction of sp³-hybridized carbons (Fsp3) is 0.647. The van der Waals surface area contributed by atoms with E-state index in [2.05, 4.69) is 43.4 Å². The van der Waals surface area contributed by atoms with Gasteiger partial charge in [0.25, 0.3) is 0 Å². The second kappa shape index (κ2) is 7.66. The molecule has 2 rings (SSSR count). The van der Waals surface area contributed by atoms with Crippen LogP contribution >= 0.6 is 0 Å². The molecule has 1 aliphatic carbocycles. The van der Waals surface area contributed by atoms with Gasteiger partial charge >= 0.3 is 0 Å². The fourth-order valence-electron chi connectivity index (χ4n) is 2.76. The van der Waals surface area contributed by atoms with Gasteiger partial charge < -0.3 is 10.1 Å². The van der Waals surface area contributed by atoms with Gasteiger partial charge in [-0.1, -0.05) is 51.0 Å². The predicted octanol–water partition coefficient (Wildman–Crippen LogP) is 3.89. The maximum Gasteiger partial charge on any atom is 0.0720 e. The molecule has 1 fully saturated rings. The summed E-state index contributed by atoms with van der Waals surface area (Å²) in [4.78, 5) is 0. The van der Waals surface area contributed by atoms with Crippen molar-refractivity contribution < 1.29 is 4.74 Å². The SMILES string of the molecule is CCNCc1ccc(COC2CCCCC2C)cc1. The van der Waals surface area contributed by atoms with Crippen molar-refractivity contribution in [2.24, 2.45) is 5.92 Å². The van der Waals surface area contributed by atoms with Crippen molar-refractivity contribution in [1.82, 2.24) is 5.32 Å². The van der Waals surface area contributed by atoms with Crippen LogP contribution in [0.5, 0.6) is 0 Å². The van der Waals surface area contributed by atoms with Crippen molar-refractivity contribution in [1.29, 1.82) is 0 Å². The summed E-state index contributed by atoms with van der Waals surface area (Å²) in [5.41, 5.74) is 2.63. The molecule has 1 aliphatic rings. The summed E-state index contributed by atoms with van der Waals surface area (Å²) in [5, 5.41) is 3.34. The van der Waals surface area contributed by atoms with Gasteiger partial charge in [-0.2, -0.15) is 0 Å². The number of ether oxygens (including phenoxy) is 1. The Bertz CT molecular complexity index is 360. The van der Waals surface area contributed by atoms with Crippen LogP contribution in [0.4, 0.5) is 0 Å². The van der Waals surface area contributed by atoms with Crippen LogP contribution in [-0.4, -0.2) is 12.6 Å². The Morgan fingerprint density at radius 3 is 2.47 bits per heavy atom. The Hall–Kier alpha value is -0.860. The molecular formula is C17H27NO. The van der Waals surface area contributed by atoms with Crippen molar-refractivity contribution >= 4 is 0 Å². The number of rotatable bonds is 6. The van der Waals surface area contributed by atoms with Gasteiger partial charge in [-0.3, -0.25) is 0 Å². The molecule has 0 bridgehead atoms. The third-order valence-corrected chi connectivity index (χ3v) is 4.10. The Balaban J connectivity index is 1.79. The molecule has 2 nitrogen and oxygen atoms in total. The molecule has 1 saturated carbocycles. The lowest BCUT2D eigenvalue weighted by atomic mass is 9.88. The molecule has 1 aromatic carbocycles. The second-order valence-electron chi connectivity index (χ2n) is 5.71. The molecule has 106 valence electrons. The minimum Gasteiger partial charge on any atom is -0.373 e. The van der Waals surface area contributed by atoms with E-state index in [0.717, 1.165) is 25.6 Å². The van der Waals surface area contributed by atoms with Gasteiger partial charge in [-0.15, -0.1) is 0 Å². The average Bonchev–Trinajstić information content (AvgIpc) is 2.45. The van der Waals surface area contributed by atoms with Gasteiger partial charge in [0, 0.05) is 6.54 Å². The quantitative estimate of drug-likeness (QED) is 0.838. The first-order chi connectivity index (χ1) is 9.29. The Morgan fingerprint density at radius 1 is 1.11 bits per heavy atom. The zero-order valence-corrected chi connectivity index (χ0v) is 12.3. The highest BCUT2D eigenvalue weighted by Gasteiger charge is 2.21. The highest BCUT2D eigenvalue weighted by atomic mass is 16.5. The van der Waals surface area contributed by atoms with Crippen molar-refractivity contribution in [2.45, 2.75) is 58.8 Å². The molecule has 0 aliphatic heterocycles. The fourth-order valence-corrected chi connectivity index (χ4v) is 2.76. The van der Waals surface area contributed by atoms with Crippen molar-refractivity contribution in [3.05, 3.63) is 35.4 Å². The van der Waals surface area contributed by atoms with E-state index in [0.29, 0.717) is 6.10 Å². The Kier molecular flexibility index (Phi) is 5.87. The van der Waals surface area contributed by atoms with E-state index in [1.54, 1.807) is 0 Å². The maximum atomic E-state index is 6.09. The lowest BCUT2D eigenvalue weighted by Gasteiger charge is -2.28. The Labute approximate surface area is 117 Å². The van der Waals surface area contributed by atoms with E-state index in [1.807, 2.05) is 0 Å². The first-order valence-corrected chi connectivity index (χ1v) is 7.69. The van der Waals surface area contributed by atoms with Crippen LogP contribution < -0.4 is 5.32 Å². The number of hydrogen-bond donors (Lipinski definition) is 1. The minimum atomic E-state index is 0.468. The van der Waals surface area contributed by atoms with Gasteiger partial charge in [0.2, 0.25) is 0 Å². The molecule has 19 heavy (non-hydrogen) atoms. The molecule has 0 spiro atoms. The van der Waals surface area contributed by atoms with E-state index < -0.39 is 0 Å². The largest absolute Gasteiger partial charge is 0.373 e. The highest BCUT2D eigenvalue weighted by Crippen LogP contribution is 2.27. The van der Waals surface area contributed by atoms with Crippen LogP contribution in [0.15, 0.2) is 24.3 Å². The number of hydrogen-bond acceptors (Lipinski definition) is 2. The summed E-state index contributed by atoms with van der Waals surface area (Å²) in [5.74, 6) is 0.724. The first kappa shape index (κ1) is 14.5. The minimum absolute atomic E-state index is 0.468. The monoisotopic (exact) mass is 261 g/mol. The highest BCUT2D eigenvalue weighted by molar-refractivity contribution is 5.21. The summed E-state index contributed by atoms with van der Waals surface area (Å²) in [7, 11) is 0. The van der Waals surface area contributed by atoms with Gasteiger partial charge in [0.15, 0.2) is 0 Å². The molecule has 0 amide bonds. The van der Waals surface area contributed by atoms with Crippen LogP contribution in [-0.2, 0) is 17.9 Å². The van der Waals surface area contributed by atoms with E-state index in [4.69, 9.17) is 4.74 Å². The number of nitrogens with one attached hydrogen (secondary N) is 1. The molecule has 2 unspecified atom stereocenters. The molecule has 0 radical (unpaired) electrons. The first-order valence-electron chi connectivity index (χ1n) is 7.69. The standard InChI is InChI=1S/C17H27NO/c1-3-18-12-15-8-10-16(11-9-15)13-19-17-7-5-4-6-14(17)2/h8-11,14,17-18H,3-7,12-13H2,1-2H3. The average molecular weight is 261 g/mol. The topological polar surface area (TPSA) is 21.3 Å². The summed E-state index contributed by atoms with van der Waals surface area (Å²) in [6.07, 6.45) is 5.73. The summed E-state index contributed by atoms with van der Waals surface area (Å²) in [6, 6.07) is 8.79. The van der Waals surface area contributed by atoms with Gasteiger partial charge in [0.05, 0.1) is 12.7 Å². The third-order valence-electron chi connectivity index (χ3n) is 4.10. The van der Waals surface area contributed by atoms with Gasteiger partial charge in [-0.05, 0) is 36.4 Å². The Morgan fingerprint density at radius 2 is 1.79 bits per heavy atom. The molecule has 2 atom stereocenters. The summed E-state index contributed by atoms with van der Waals surface area (Å²) in [6.45, 7) is 7.19. The molecule has 2 heteroatoms. The smallest absolute Gasteiger partial charge is 0.0720 e. The van der Waals surface area contributed by atoms with Crippen molar-refractivity contribution in [3.63, 3.8) is 0 Å². The summed E-state index contributed by atoms with van der Waals surface area (Å²) < 4.78 is 6.09. The number of benzene rings is 1. The third kappa shape index (κ3) is 4.63. The molecule has 1 N–H and O–H groups in total. The van der Waals surface area contributed by atoms with Gasteiger partial charge in [0.1, 0.15) is 0 Å². The maximum absolute atomic E-state index is 6.09. The van der Waals surface area contributed by atoms with Crippen LogP contribution in [0, 0.1) is 5.92 Å². The van der Waals surface area contributed by atoms with Crippen molar-refractivity contribution in [2.75, 3.05) is 6.54 Å². The normalized spacial score (nSPS) is 23.5. The van der Waals surface area contributed by atoms with E-state index in [1.165, 1.54) is 36.8 Å². The zero-order valence-electron chi connectivity index (χ0n) is 12.3. The lowest BCUT2D eigenvalue weighted by Crippen LogP contribution is -2.25. The zero-order chi connectivity index (χ0) is 13.5. The lowest BCUT2D eigenvalue weighted by molar-refractivity contribution is -0.0154. The van der Waals surface area contributed by atoms with E-state index >= 15 is 0 Å². The van der Waals surface area contributed by atoms with Crippen LogP contribution in [0.25, 0.3) is 0 Å². The molecule has 0 aromatic heterocycles. The molecule has 1 aromatic rings. The van der Waals surface area contributed by atoms with Crippen molar-refractivity contribution in [3.8, 4) is 0 Å². The molecule has 0 saturated heterocycles. The molecule has 0 heterocycles. The predicted molar refractivity (Wildman–Crippen MR) is 80.0 cm³/mol. The van der Waals surface area contributed by atoms with Gasteiger partial charge in [-0.25, -0.2) is 0 Å². The van der Waals surface area contributed by atoms with Crippen LogP contribution in [0.2, 0.25) is 0 Å². The van der Waals surface area contributed by atoms with E-state index in [9.17, 15) is 0 Å². The van der Waals surface area contributed by atoms with Crippen LogP contribution in [0.3, 0.4) is 0 Å².